The van der Waals surface area contributed by atoms with Crippen LogP contribution in [0.2, 0.25) is 0 Å². The van der Waals surface area contributed by atoms with Crippen molar-refractivity contribution in [2.45, 2.75) is 39.3 Å². The van der Waals surface area contributed by atoms with Gasteiger partial charge < -0.3 is 5.32 Å². The van der Waals surface area contributed by atoms with E-state index in [2.05, 4.69) is 48.4 Å². The average molecular weight is 258 g/mol. The highest BCUT2D eigenvalue weighted by atomic mass is 15.3. The minimum Gasteiger partial charge on any atom is -0.312 e. The van der Waals surface area contributed by atoms with E-state index in [0.717, 1.165) is 19.5 Å². The van der Waals surface area contributed by atoms with E-state index in [1.165, 1.54) is 11.1 Å². The SMILES string of the molecule is CC(C)(C)n1cc(CNCCc2cccnc2)cn1. The number of nitrogens with zero attached hydrogens (tertiary/aromatic N) is 3. The second kappa shape index (κ2) is 5.97. The van der Waals surface area contributed by atoms with Crippen molar-refractivity contribution in [2.24, 2.45) is 0 Å². The summed E-state index contributed by atoms with van der Waals surface area (Å²) in [6.07, 6.45) is 8.76. The molecule has 0 atom stereocenters. The molecule has 2 heterocycles. The molecule has 0 unspecified atom stereocenters. The van der Waals surface area contributed by atoms with Gasteiger partial charge in [0, 0.05) is 30.7 Å². The number of hydrogen-bond acceptors (Lipinski definition) is 3. The molecule has 4 heteroatoms. The van der Waals surface area contributed by atoms with E-state index in [0.29, 0.717) is 0 Å². The van der Waals surface area contributed by atoms with Crippen LogP contribution in [0.3, 0.4) is 0 Å². The van der Waals surface area contributed by atoms with Crippen molar-refractivity contribution in [1.29, 1.82) is 0 Å². The van der Waals surface area contributed by atoms with Gasteiger partial charge in [-0.25, -0.2) is 0 Å². The third-order valence-electron chi connectivity index (χ3n) is 2.97. The van der Waals surface area contributed by atoms with Crippen LogP contribution >= 0.6 is 0 Å². The molecule has 0 saturated carbocycles. The third-order valence-corrected chi connectivity index (χ3v) is 2.97. The predicted molar refractivity (Wildman–Crippen MR) is 76.9 cm³/mol. The summed E-state index contributed by atoms with van der Waals surface area (Å²) in [6.45, 7) is 8.27. The lowest BCUT2D eigenvalue weighted by molar-refractivity contribution is 0.355. The first-order chi connectivity index (χ1) is 9.05. The van der Waals surface area contributed by atoms with Gasteiger partial charge in [-0.15, -0.1) is 0 Å². The van der Waals surface area contributed by atoms with Crippen molar-refractivity contribution in [3.63, 3.8) is 0 Å². The Hall–Kier alpha value is -1.68. The van der Waals surface area contributed by atoms with E-state index >= 15 is 0 Å². The standard InChI is InChI=1S/C15H22N4/c1-15(2,3)19-12-14(11-18-19)10-17-8-6-13-5-4-7-16-9-13/h4-5,7,9,11-12,17H,6,8,10H2,1-3H3. The molecule has 0 aromatic carbocycles. The molecule has 0 fully saturated rings. The van der Waals surface area contributed by atoms with Gasteiger partial charge in [-0.1, -0.05) is 6.07 Å². The fourth-order valence-corrected chi connectivity index (χ4v) is 1.83. The molecule has 4 nitrogen and oxygen atoms in total. The van der Waals surface area contributed by atoms with Crippen LogP contribution in [0.15, 0.2) is 36.9 Å². The van der Waals surface area contributed by atoms with Crippen molar-refractivity contribution in [2.75, 3.05) is 6.54 Å². The van der Waals surface area contributed by atoms with Crippen LogP contribution in [0.4, 0.5) is 0 Å². The number of nitrogens with one attached hydrogen (secondary N) is 1. The molecule has 19 heavy (non-hydrogen) atoms. The lowest BCUT2D eigenvalue weighted by Gasteiger charge is -2.18. The summed E-state index contributed by atoms with van der Waals surface area (Å²) in [5, 5.41) is 7.82. The number of hydrogen-bond donors (Lipinski definition) is 1. The highest BCUT2D eigenvalue weighted by molar-refractivity contribution is 5.09. The van der Waals surface area contributed by atoms with Crippen molar-refractivity contribution in [3.05, 3.63) is 48.0 Å². The summed E-state index contributed by atoms with van der Waals surface area (Å²) in [7, 11) is 0. The summed E-state index contributed by atoms with van der Waals surface area (Å²) < 4.78 is 2.01. The summed E-state index contributed by atoms with van der Waals surface area (Å²) >= 11 is 0. The van der Waals surface area contributed by atoms with Gasteiger partial charge in [-0.3, -0.25) is 9.67 Å². The van der Waals surface area contributed by atoms with Gasteiger partial charge in [0.25, 0.3) is 0 Å². The number of aromatic nitrogens is 3. The Kier molecular flexibility index (Phi) is 4.32. The first kappa shape index (κ1) is 13.7. The molecule has 0 spiro atoms. The van der Waals surface area contributed by atoms with Gasteiger partial charge >= 0.3 is 0 Å². The van der Waals surface area contributed by atoms with Crippen LogP contribution < -0.4 is 5.32 Å². The van der Waals surface area contributed by atoms with Gasteiger partial charge in [0.15, 0.2) is 0 Å². The molecule has 2 aromatic heterocycles. The zero-order chi connectivity index (χ0) is 13.7. The Morgan fingerprint density at radius 2 is 2.05 bits per heavy atom. The van der Waals surface area contributed by atoms with Gasteiger partial charge in [0.1, 0.15) is 0 Å². The molecule has 0 radical (unpaired) electrons. The molecule has 2 rings (SSSR count). The Labute approximate surface area is 114 Å². The molecule has 0 bridgehead atoms. The van der Waals surface area contributed by atoms with Gasteiger partial charge in [0.05, 0.1) is 11.7 Å². The maximum absolute atomic E-state index is 4.39. The quantitative estimate of drug-likeness (QED) is 0.837. The predicted octanol–water partition coefficient (Wildman–Crippen LogP) is 2.37. The van der Waals surface area contributed by atoms with Crippen molar-refractivity contribution in [3.8, 4) is 0 Å². The Bertz CT molecular complexity index is 496. The normalized spacial score (nSPS) is 11.7. The molecule has 1 N–H and O–H groups in total. The van der Waals surface area contributed by atoms with Crippen molar-refractivity contribution in [1.82, 2.24) is 20.1 Å². The van der Waals surface area contributed by atoms with Crippen LogP contribution in [0.25, 0.3) is 0 Å². The fraction of sp³-hybridized carbons (Fsp3) is 0.467. The van der Waals surface area contributed by atoms with Crippen LogP contribution in [-0.2, 0) is 18.5 Å². The van der Waals surface area contributed by atoms with Gasteiger partial charge in [-0.05, 0) is 45.4 Å². The number of pyridine rings is 1. The van der Waals surface area contributed by atoms with E-state index in [1.54, 1.807) is 6.20 Å². The molecule has 2 aromatic rings. The lowest BCUT2D eigenvalue weighted by atomic mass is 10.1. The van der Waals surface area contributed by atoms with Crippen LogP contribution in [0, 0.1) is 0 Å². The fourth-order valence-electron chi connectivity index (χ4n) is 1.83. The van der Waals surface area contributed by atoms with E-state index in [4.69, 9.17) is 0 Å². The molecule has 0 aliphatic carbocycles. The van der Waals surface area contributed by atoms with Crippen LogP contribution in [-0.4, -0.2) is 21.3 Å². The van der Waals surface area contributed by atoms with Crippen LogP contribution in [0.5, 0.6) is 0 Å². The molecular formula is C15H22N4. The highest BCUT2D eigenvalue weighted by Gasteiger charge is 2.13. The number of rotatable bonds is 5. The molecule has 0 saturated heterocycles. The first-order valence-corrected chi connectivity index (χ1v) is 6.69. The summed E-state index contributed by atoms with van der Waals surface area (Å²) in [5.41, 5.74) is 2.54. The maximum atomic E-state index is 4.39. The molecular weight excluding hydrogens is 236 g/mol. The zero-order valence-electron chi connectivity index (χ0n) is 11.9. The van der Waals surface area contributed by atoms with Crippen LogP contribution in [0.1, 0.15) is 31.9 Å². The lowest BCUT2D eigenvalue weighted by Crippen LogP contribution is -2.22. The summed E-state index contributed by atoms with van der Waals surface area (Å²) in [6, 6.07) is 4.08. The molecule has 0 aliphatic rings. The Morgan fingerprint density at radius 3 is 2.68 bits per heavy atom. The smallest absolute Gasteiger partial charge is 0.0543 e. The zero-order valence-corrected chi connectivity index (χ0v) is 11.9. The highest BCUT2D eigenvalue weighted by Crippen LogP contribution is 2.12. The van der Waals surface area contributed by atoms with Crippen molar-refractivity contribution < 1.29 is 0 Å². The molecule has 102 valence electrons. The Morgan fingerprint density at radius 1 is 1.21 bits per heavy atom. The van der Waals surface area contributed by atoms with Gasteiger partial charge in [-0.2, -0.15) is 5.10 Å². The second-order valence-electron chi connectivity index (χ2n) is 5.75. The van der Waals surface area contributed by atoms with E-state index in [9.17, 15) is 0 Å². The van der Waals surface area contributed by atoms with E-state index in [-0.39, 0.29) is 5.54 Å². The Balaban J connectivity index is 1.76. The van der Waals surface area contributed by atoms with Crippen molar-refractivity contribution >= 4 is 0 Å². The summed E-state index contributed by atoms with van der Waals surface area (Å²) in [4.78, 5) is 4.11. The first-order valence-electron chi connectivity index (χ1n) is 6.69. The monoisotopic (exact) mass is 258 g/mol. The molecule has 0 aliphatic heterocycles. The topological polar surface area (TPSA) is 42.7 Å². The van der Waals surface area contributed by atoms with Gasteiger partial charge in [0.2, 0.25) is 0 Å². The average Bonchev–Trinajstić information content (AvgIpc) is 2.85. The van der Waals surface area contributed by atoms with E-state index in [1.807, 2.05) is 23.1 Å². The minimum atomic E-state index is 0.0496. The largest absolute Gasteiger partial charge is 0.312 e. The van der Waals surface area contributed by atoms with E-state index < -0.39 is 0 Å². The minimum absolute atomic E-state index is 0.0496. The third kappa shape index (κ3) is 4.17. The maximum Gasteiger partial charge on any atom is 0.0543 e. The second-order valence-corrected chi connectivity index (χ2v) is 5.75. The summed E-state index contributed by atoms with van der Waals surface area (Å²) in [5.74, 6) is 0. The molecule has 0 amide bonds.